The fourth-order valence-electron chi connectivity index (χ4n) is 3.80. The summed E-state index contributed by atoms with van der Waals surface area (Å²) in [5.41, 5.74) is 2.05. The highest BCUT2D eigenvalue weighted by molar-refractivity contribution is 7.07. The number of piperidine rings is 1. The summed E-state index contributed by atoms with van der Waals surface area (Å²) < 4.78 is 43.8. The molecule has 2 unspecified atom stereocenters. The number of aromatic nitrogens is 2. The minimum absolute atomic E-state index is 0.00230. The van der Waals surface area contributed by atoms with Crippen molar-refractivity contribution in [2.75, 3.05) is 26.3 Å². The van der Waals surface area contributed by atoms with Crippen molar-refractivity contribution in [3.63, 3.8) is 0 Å². The highest BCUT2D eigenvalue weighted by Gasteiger charge is 2.48. The number of amides is 1. The topological polar surface area (TPSA) is 102 Å². The lowest BCUT2D eigenvalue weighted by Crippen LogP contribution is -2.58. The highest BCUT2D eigenvalue weighted by Crippen LogP contribution is 2.40. The van der Waals surface area contributed by atoms with Gasteiger partial charge in [-0.1, -0.05) is 6.07 Å². The van der Waals surface area contributed by atoms with Crippen LogP contribution in [-0.4, -0.2) is 70.4 Å². The van der Waals surface area contributed by atoms with E-state index < -0.39 is 12.1 Å². The Morgan fingerprint density at radius 3 is 2.75 bits per heavy atom. The van der Waals surface area contributed by atoms with Gasteiger partial charge in [-0.15, -0.1) is 11.3 Å². The number of hydrogen-bond donors (Lipinski definition) is 1. The Labute approximate surface area is 186 Å². The number of ether oxygens (including phenoxy) is 2. The van der Waals surface area contributed by atoms with E-state index in [1.165, 1.54) is 11.3 Å². The summed E-state index contributed by atoms with van der Waals surface area (Å²) in [5.74, 6) is -2.14. The molecule has 2 aliphatic heterocycles. The van der Waals surface area contributed by atoms with Gasteiger partial charge >= 0.3 is 12.1 Å². The van der Waals surface area contributed by atoms with Gasteiger partial charge in [-0.2, -0.15) is 13.2 Å². The van der Waals surface area contributed by atoms with Gasteiger partial charge in [0.2, 0.25) is 5.88 Å². The number of rotatable bonds is 4. The van der Waals surface area contributed by atoms with Crippen LogP contribution in [0.2, 0.25) is 0 Å². The third kappa shape index (κ3) is 5.94. The third-order valence-corrected chi connectivity index (χ3v) is 5.90. The van der Waals surface area contributed by atoms with Crippen LogP contribution in [0.3, 0.4) is 0 Å². The van der Waals surface area contributed by atoms with Crippen molar-refractivity contribution in [2.24, 2.45) is 5.41 Å². The largest absolute Gasteiger partial charge is 0.490 e. The molecule has 0 spiro atoms. The molecule has 0 radical (unpaired) electrons. The Hall–Kier alpha value is -2.73. The number of alkyl halides is 3. The van der Waals surface area contributed by atoms with Crippen molar-refractivity contribution in [3.8, 4) is 5.88 Å². The number of carbonyl (C=O) groups excluding carboxylic acids is 1. The van der Waals surface area contributed by atoms with E-state index in [4.69, 9.17) is 19.4 Å². The lowest BCUT2D eigenvalue weighted by Gasteiger charge is -2.49. The van der Waals surface area contributed by atoms with Crippen molar-refractivity contribution >= 4 is 23.2 Å². The molecule has 1 amide bonds. The number of carboxylic acids is 1. The molecular weight excluding hydrogens is 451 g/mol. The number of halogens is 3. The summed E-state index contributed by atoms with van der Waals surface area (Å²) in [7, 11) is 0. The van der Waals surface area contributed by atoms with E-state index in [1.54, 1.807) is 11.7 Å². The number of thiazole rings is 1. The number of hydrogen-bond acceptors (Lipinski definition) is 7. The number of fused-ring (bicyclic) bond motifs is 1. The van der Waals surface area contributed by atoms with Crippen LogP contribution in [0.5, 0.6) is 5.88 Å². The molecular formula is C20H22F3N3O5S. The van der Waals surface area contributed by atoms with E-state index in [1.807, 2.05) is 28.5 Å². The number of nitrogens with zero attached hydrogens (tertiary/aromatic N) is 3. The zero-order valence-electron chi connectivity index (χ0n) is 17.0. The number of likely N-dealkylation sites (tertiary alicyclic amines) is 1. The Bertz CT molecular complexity index is 898. The molecule has 2 saturated heterocycles. The summed E-state index contributed by atoms with van der Waals surface area (Å²) in [6.45, 7) is 2.64. The smallest absolute Gasteiger partial charge is 0.477 e. The van der Waals surface area contributed by atoms with Crippen molar-refractivity contribution in [3.05, 3.63) is 41.0 Å². The average Bonchev–Trinajstić information content (AvgIpc) is 3.32. The first-order valence-electron chi connectivity index (χ1n) is 9.84. The standard InChI is InChI=1S/C18H21N3O3S.C2HF3O2/c22-17(14-10-25-13-20-14)21-8-5-15-18(11-21,6-3-9-23-15)12-24-16-4-1-2-7-19-16;3-2(4,5)1(6)7/h1-2,4,7,10,13,15H,3,5-6,8-9,11-12H2;(H,6,7). The molecule has 2 aliphatic rings. The number of carboxylic acid groups (broad SMARTS) is 1. The van der Waals surface area contributed by atoms with Gasteiger partial charge in [0.1, 0.15) is 5.69 Å². The Balaban J connectivity index is 0.000000360. The zero-order chi connectivity index (χ0) is 23.2. The summed E-state index contributed by atoms with van der Waals surface area (Å²) in [6.07, 6.45) is -0.418. The molecule has 32 heavy (non-hydrogen) atoms. The molecule has 2 atom stereocenters. The van der Waals surface area contributed by atoms with Crippen molar-refractivity contribution in [2.45, 2.75) is 31.5 Å². The summed E-state index contributed by atoms with van der Waals surface area (Å²) >= 11 is 1.45. The van der Waals surface area contributed by atoms with E-state index in [2.05, 4.69) is 9.97 Å². The molecule has 0 aromatic carbocycles. The molecule has 2 aromatic heterocycles. The predicted octanol–water partition coefficient (Wildman–Crippen LogP) is 3.26. The molecule has 0 aliphatic carbocycles. The SMILES string of the molecule is O=C(O)C(F)(F)F.O=C(c1cscn1)N1CCC2OCCCC2(COc2ccccn2)C1. The van der Waals surface area contributed by atoms with E-state index >= 15 is 0 Å². The summed E-state index contributed by atoms with van der Waals surface area (Å²) in [6, 6.07) is 5.64. The normalized spacial score (nSPS) is 22.8. The third-order valence-electron chi connectivity index (χ3n) is 5.31. The first-order chi connectivity index (χ1) is 15.2. The minimum Gasteiger partial charge on any atom is -0.477 e. The van der Waals surface area contributed by atoms with Crippen LogP contribution in [0.1, 0.15) is 29.8 Å². The van der Waals surface area contributed by atoms with Crippen LogP contribution < -0.4 is 4.74 Å². The first-order valence-corrected chi connectivity index (χ1v) is 10.8. The lowest BCUT2D eigenvalue weighted by atomic mass is 9.73. The maximum absolute atomic E-state index is 12.7. The van der Waals surface area contributed by atoms with Crippen LogP contribution >= 0.6 is 11.3 Å². The molecule has 12 heteroatoms. The van der Waals surface area contributed by atoms with Crippen molar-refractivity contribution in [1.82, 2.24) is 14.9 Å². The summed E-state index contributed by atoms with van der Waals surface area (Å²) in [4.78, 5) is 31.9. The number of aliphatic carboxylic acids is 1. The van der Waals surface area contributed by atoms with E-state index in [9.17, 15) is 18.0 Å². The van der Waals surface area contributed by atoms with Crippen LogP contribution in [-0.2, 0) is 9.53 Å². The van der Waals surface area contributed by atoms with Crippen molar-refractivity contribution in [1.29, 1.82) is 0 Å². The second kappa shape index (κ2) is 10.3. The first kappa shape index (κ1) is 23.9. The number of carbonyl (C=O) groups is 2. The van der Waals surface area contributed by atoms with Gasteiger partial charge in [-0.25, -0.2) is 14.8 Å². The summed E-state index contributed by atoms with van der Waals surface area (Å²) in [5, 5.41) is 8.93. The zero-order valence-corrected chi connectivity index (χ0v) is 17.8. The van der Waals surface area contributed by atoms with Gasteiger partial charge < -0.3 is 19.5 Å². The molecule has 0 saturated carbocycles. The van der Waals surface area contributed by atoms with Gasteiger partial charge in [-0.05, 0) is 25.3 Å². The van der Waals surface area contributed by atoms with Gasteiger partial charge in [0.05, 0.1) is 18.2 Å². The Morgan fingerprint density at radius 1 is 1.34 bits per heavy atom. The monoisotopic (exact) mass is 473 g/mol. The Kier molecular flexibility index (Phi) is 7.67. The molecule has 8 nitrogen and oxygen atoms in total. The molecule has 1 N–H and O–H groups in total. The fourth-order valence-corrected chi connectivity index (χ4v) is 4.33. The maximum atomic E-state index is 12.7. The van der Waals surface area contributed by atoms with Gasteiger partial charge in [0.25, 0.3) is 5.91 Å². The molecule has 0 bridgehead atoms. The van der Waals surface area contributed by atoms with Crippen LogP contribution in [0.15, 0.2) is 35.3 Å². The van der Waals surface area contributed by atoms with Gasteiger partial charge in [-0.3, -0.25) is 4.79 Å². The van der Waals surface area contributed by atoms with E-state index in [0.717, 1.165) is 25.9 Å². The molecule has 4 rings (SSSR count). The van der Waals surface area contributed by atoms with E-state index in [0.29, 0.717) is 31.3 Å². The Morgan fingerprint density at radius 2 is 2.12 bits per heavy atom. The van der Waals surface area contributed by atoms with Crippen LogP contribution in [0, 0.1) is 5.41 Å². The second-order valence-corrected chi connectivity index (χ2v) is 8.19. The van der Waals surface area contributed by atoms with Crippen LogP contribution in [0.4, 0.5) is 13.2 Å². The highest BCUT2D eigenvalue weighted by atomic mass is 32.1. The molecule has 2 fully saturated rings. The fraction of sp³-hybridized carbons (Fsp3) is 0.500. The van der Waals surface area contributed by atoms with E-state index in [-0.39, 0.29) is 17.4 Å². The quantitative estimate of drug-likeness (QED) is 0.727. The van der Waals surface area contributed by atoms with Crippen LogP contribution in [0.25, 0.3) is 0 Å². The lowest BCUT2D eigenvalue weighted by molar-refractivity contribution is -0.192. The predicted molar refractivity (Wildman–Crippen MR) is 107 cm³/mol. The average molecular weight is 473 g/mol. The maximum Gasteiger partial charge on any atom is 0.490 e. The molecule has 2 aromatic rings. The molecule has 174 valence electrons. The second-order valence-electron chi connectivity index (χ2n) is 7.47. The minimum atomic E-state index is -5.08. The van der Waals surface area contributed by atoms with Crippen molar-refractivity contribution < 1.29 is 37.3 Å². The van der Waals surface area contributed by atoms with Gasteiger partial charge in [0.15, 0.2) is 0 Å². The molecule has 4 heterocycles. The van der Waals surface area contributed by atoms with Gasteiger partial charge in [0, 0.05) is 42.8 Å². The number of pyridine rings is 1.